The van der Waals surface area contributed by atoms with E-state index in [1.165, 1.54) is 12.1 Å². The highest BCUT2D eigenvalue weighted by Crippen LogP contribution is 2.29. The van der Waals surface area contributed by atoms with Crippen molar-refractivity contribution >= 4 is 29.0 Å². The molecule has 0 spiro atoms. The number of hydrogen-bond acceptors (Lipinski definition) is 5. The number of allylic oxidation sites excluding steroid dienone is 1. The maximum Gasteiger partial charge on any atom is 0.338 e. The van der Waals surface area contributed by atoms with Gasteiger partial charge in [0, 0.05) is 17.8 Å². The molecule has 8 heteroatoms. The molecule has 0 aliphatic carbocycles. The van der Waals surface area contributed by atoms with Crippen molar-refractivity contribution in [1.82, 2.24) is 10.6 Å². The van der Waals surface area contributed by atoms with E-state index in [1.54, 1.807) is 19.1 Å². The second-order valence-electron chi connectivity index (χ2n) is 5.91. The molecule has 1 aromatic carbocycles. The molecule has 1 aliphatic rings. The van der Waals surface area contributed by atoms with E-state index in [0.717, 1.165) is 0 Å². The third-order valence-electron chi connectivity index (χ3n) is 3.47. The number of rotatable bonds is 5. The highest BCUT2D eigenvalue weighted by molar-refractivity contribution is 7.80. The maximum atomic E-state index is 12.5. The van der Waals surface area contributed by atoms with Gasteiger partial charge in [0.15, 0.2) is 5.11 Å². The minimum atomic E-state index is -0.515. The molecule has 1 aliphatic heterocycles. The summed E-state index contributed by atoms with van der Waals surface area (Å²) in [5.41, 5.74) is 1.70. The first kappa shape index (κ1) is 17.9. The number of carbonyl (C=O) groups excluding carboxylic acids is 1. The molecule has 0 unspecified atom stereocenters. The van der Waals surface area contributed by atoms with Crippen LogP contribution in [0.15, 0.2) is 35.5 Å². The third-order valence-corrected chi connectivity index (χ3v) is 3.69. The Kier molecular flexibility index (Phi) is 5.50. The molecule has 7 nitrogen and oxygen atoms in total. The van der Waals surface area contributed by atoms with Crippen LogP contribution >= 0.6 is 12.2 Å². The van der Waals surface area contributed by atoms with Gasteiger partial charge in [-0.05, 0) is 42.8 Å². The van der Waals surface area contributed by atoms with Crippen LogP contribution in [-0.2, 0) is 9.53 Å². The average Bonchev–Trinajstić information content (AvgIpc) is 2.52. The molecule has 2 rings (SSSR count). The Labute approximate surface area is 145 Å². The second kappa shape index (κ2) is 7.39. The lowest BCUT2D eigenvalue weighted by atomic mass is 9.95. The third kappa shape index (κ3) is 4.08. The van der Waals surface area contributed by atoms with Gasteiger partial charge in [-0.3, -0.25) is 10.1 Å². The minimum absolute atomic E-state index is 0.0140. The summed E-state index contributed by atoms with van der Waals surface area (Å²) in [6.45, 7) is 5.97. The number of esters is 1. The normalized spacial score (nSPS) is 17.3. The Bertz CT molecular complexity index is 698. The lowest BCUT2D eigenvalue weighted by Crippen LogP contribution is -2.45. The lowest BCUT2D eigenvalue weighted by molar-refractivity contribution is -0.384. The van der Waals surface area contributed by atoms with E-state index in [2.05, 4.69) is 10.6 Å². The van der Waals surface area contributed by atoms with E-state index in [9.17, 15) is 14.9 Å². The highest BCUT2D eigenvalue weighted by Gasteiger charge is 2.31. The number of benzene rings is 1. The number of nitrogens with zero attached hydrogens (tertiary/aromatic N) is 1. The van der Waals surface area contributed by atoms with Crippen molar-refractivity contribution in [3.8, 4) is 0 Å². The number of carbonyl (C=O) groups is 1. The molecule has 1 aromatic rings. The van der Waals surface area contributed by atoms with E-state index < -0.39 is 16.9 Å². The summed E-state index contributed by atoms with van der Waals surface area (Å²) in [5, 5.41) is 17.1. The van der Waals surface area contributed by atoms with Crippen LogP contribution in [-0.4, -0.2) is 22.6 Å². The molecule has 0 radical (unpaired) electrons. The van der Waals surface area contributed by atoms with Gasteiger partial charge in [-0.15, -0.1) is 0 Å². The zero-order valence-corrected chi connectivity index (χ0v) is 14.5. The first-order chi connectivity index (χ1) is 11.3. The molecule has 0 bridgehead atoms. The summed E-state index contributed by atoms with van der Waals surface area (Å²) in [4.78, 5) is 22.8. The molecular weight excluding hydrogens is 330 g/mol. The van der Waals surface area contributed by atoms with Crippen molar-refractivity contribution in [2.75, 3.05) is 6.61 Å². The molecule has 0 amide bonds. The molecule has 1 atom stereocenters. The van der Waals surface area contributed by atoms with Crippen molar-refractivity contribution in [3.63, 3.8) is 0 Å². The zero-order valence-electron chi connectivity index (χ0n) is 13.7. The SMILES string of the molecule is CC1=C(C(=O)OCC(C)C)[C@H](c2ccc([N+](=O)[O-])cc2)NC(=S)N1. The molecule has 0 saturated heterocycles. The Balaban J connectivity index is 2.33. The van der Waals surface area contributed by atoms with Crippen LogP contribution in [0.25, 0.3) is 0 Å². The molecule has 24 heavy (non-hydrogen) atoms. The Hall–Kier alpha value is -2.48. The van der Waals surface area contributed by atoms with E-state index >= 15 is 0 Å². The monoisotopic (exact) mass is 349 g/mol. The Morgan fingerprint density at radius 1 is 1.38 bits per heavy atom. The fourth-order valence-corrected chi connectivity index (χ4v) is 2.59. The van der Waals surface area contributed by atoms with Crippen molar-refractivity contribution in [2.24, 2.45) is 5.92 Å². The van der Waals surface area contributed by atoms with Crippen LogP contribution in [0.2, 0.25) is 0 Å². The first-order valence-corrected chi connectivity index (χ1v) is 7.90. The summed E-state index contributed by atoms with van der Waals surface area (Å²) in [5.74, 6) is -0.217. The first-order valence-electron chi connectivity index (χ1n) is 7.49. The van der Waals surface area contributed by atoms with Gasteiger partial charge in [-0.2, -0.15) is 0 Å². The zero-order chi connectivity index (χ0) is 17.9. The lowest BCUT2D eigenvalue weighted by Gasteiger charge is -2.30. The minimum Gasteiger partial charge on any atom is -0.462 e. The van der Waals surface area contributed by atoms with Crippen molar-refractivity contribution in [2.45, 2.75) is 26.8 Å². The predicted molar refractivity (Wildman–Crippen MR) is 93.2 cm³/mol. The largest absolute Gasteiger partial charge is 0.462 e. The number of non-ortho nitro benzene ring substituents is 1. The summed E-state index contributed by atoms with van der Waals surface area (Å²) in [7, 11) is 0. The number of nitro benzene ring substituents is 1. The van der Waals surface area contributed by atoms with Crippen LogP contribution in [0.1, 0.15) is 32.4 Å². The van der Waals surface area contributed by atoms with E-state index in [-0.39, 0.29) is 11.6 Å². The smallest absolute Gasteiger partial charge is 0.338 e. The van der Waals surface area contributed by atoms with Gasteiger partial charge in [0.2, 0.25) is 0 Å². The topological polar surface area (TPSA) is 93.5 Å². The van der Waals surface area contributed by atoms with Gasteiger partial charge in [-0.1, -0.05) is 13.8 Å². The van der Waals surface area contributed by atoms with Crippen LogP contribution in [0, 0.1) is 16.0 Å². The summed E-state index contributed by atoms with van der Waals surface area (Å²) in [6.07, 6.45) is 0. The molecule has 1 heterocycles. The van der Waals surface area contributed by atoms with Crippen LogP contribution in [0.3, 0.4) is 0 Å². The van der Waals surface area contributed by atoms with Crippen LogP contribution < -0.4 is 10.6 Å². The second-order valence-corrected chi connectivity index (χ2v) is 6.32. The molecule has 0 fully saturated rings. The summed E-state index contributed by atoms with van der Waals surface area (Å²) in [6, 6.07) is 5.49. The quantitative estimate of drug-likeness (QED) is 0.365. The van der Waals surface area contributed by atoms with Crippen molar-refractivity contribution in [3.05, 3.63) is 51.2 Å². The van der Waals surface area contributed by atoms with Gasteiger partial charge in [0.25, 0.3) is 5.69 Å². The highest BCUT2D eigenvalue weighted by atomic mass is 32.1. The van der Waals surface area contributed by atoms with Gasteiger partial charge < -0.3 is 15.4 Å². The van der Waals surface area contributed by atoms with Crippen molar-refractivity contribution in [1.29, 1.82) is 0 Å². The number of ether oxygens (including phenoxy) is 1. The Morgan fingerprint density at radius 2 is 2.00 bits per heavy atom. The predicted octanol–water partition coefficient (Wildman–Crippen LogP) is 2.59. The van der Waals surface area contributed by atoms with Crippen molar-refractivity contribution < 1.29 is 14.5 Å². The van der Waals surface area contributed by atoms with E-state index in [1.807, 2.05) is 13.8 Å². The molecule has 0 aromatic heterocycles. The van der Waals surface area contributed by atoms with Gasteiger partial charge in [-0.25, -0.2) is 4.79 Å². The molecule has 0 saturated carbocycles. The molecular formula is C16H19N3O4S. The van der Waals surface area contributed by atoms with Gasteiger partial charge >= 0.3 is 5.97 Å². The standard InChI is InChI=1S/C16H19N3O4S/c1-9(2)8-23-15(20)13-10(3)17-16(24)18-14(13)11-4-6-12(7-5-11)19(21)22/h4-7,9,14H,8H2,1-3H3,(H2,17,18,24)/t14-/m0/s1. The van der Waals surface area contributed by atoms with Crippen LogP contribution in [0.4, 0.5) is 5.69 Å². The average molecular weight is 349 g/mol. The fraction of sp³-hybridized carbons (Fsp3) is 0.375. The number of nitrogens with one attached hydrogen (secondary N) is 2. The molecule has 2 N–H and O–H groups in total. The maximum absolute atomic E-state index is 12.5. The summed E-state index contributed by atoms with van der Waals surface area (Å²) < 4.78 is 5.33. The number of hydrogen-bond donors (Lipinski definition) is 2. The van der Waals surface area contributed by atoms with E-state index in [4.69, 9.17) is 17.0 Å². The molecule has 128 valence electrons. The van der Waals surface area contributed by atoms with E-state index in [0.29, 0.717) is 28.6 Å². The Morgan fingerprint density at radius 3 is 2.54 bits per heavy atom. The number of nitro groups is 1. The van der Waals surface area contributed by atoms with Crippen LogP contribution in [0.5, 0.6) is 0 Å². The number of thiocarbonyl (C=S) groups is 1. The van der Waals surface area contributed by atoms with Gasteiger partial charge in [0.05, 0.1) is 23.1 Å². The fourth-order valence-electron chi connectivity index (χ4n) is 2.32. The van der Waals surface area contributed by atoms with Gasteiger partial charge in [0.1, 0.15) is 0 Å². The summed E-state index contributed by atoms with van der Waals surface area (Å²) >= 11 is 5.16.